The van der Waals surface area contributed by atoms with Crippen molar-refractivity contribution < 1.29 is 24.5 Å². The number of aryl methyl sites for hydroxylation is 1. The van der Waals surface area contributed by atoms with Crippen LogP contribution in [-0.4, -0.2) is 60.5 Å². The fourth-order valence-electron chi connectivity index (χ4n) is 4.34. The third kappa shape index (κ3) is 5.20. The second-order valence-corrected chi connectivity index (χ2v) is 8.51. The number of methoxy groups -OCH3 is 1. The van der Waals surface area contributed by atoms with Crippen molar-refractivity contribution in [3.8, 4) is 11.5 Å². The molecule has 3 rings (SSSR count). The molecule has 6 heteroatoms. The zero-order valence-corrected chi connectivity index (χ0v) is 18.6. The number of carbonyl (C=O) groups is 1. The van der Waals surface area contributed by atoms with E-state index in [0.717, 1.165) is 18.4 Å². The molecule has 2 aromatic carbocycles. The quantitative estimate of drug-likeness (QED) is 0.602. The van der Waals surface area contributed by atoms with Crippen LogP contribution in [-0.2, 0) is 11.2 Å². The van der Waals surface area contributed by atoms with E-state index >= 15 is 0 Å². The first-order chi connectivity index (χ1) is 14.9. The van der Waals surface area contributed by atoms with E-state index in [2.05, 4.69) is 12.1 Å². The smallest absolute Gasteiger partial charge is 0.248 e. The SMILES string of the molecule is COc1ccc(C2CN(C(=O)CO)CC2(C)C(C)O)cc1OCCCc1ccccc1. The van der Waals surface area contributed by atoms with E-state index in [1.807, 2.05) is 43.3 Å². The molecule has 3 atom stereocenters. The van der Waals surface area contributed by atoms with Gasteiger partial charge in [0.2, 0.25) is 5.91 Å². The van der Waals surface area contributed by atoms with Gasteiger partial charge in [0.25, 0.3) is 0 Å². The Bertz CT molecular complexity index is 869. The molecule has 1 fully saturated rings. The van der Waals surface area contributed by atoms with Crippen LogP contribution in [0, 0.1) is 5.41 Å². The van der Waals surface area contributed by atoms with Crippen LogP contribution in [0.3, 0.4) is 0 Å². The van der Waals surface area contributed by atoms with Crippen molar-refractivity contribution in [3.63, 3.8) is 0 Å². The zero-order valence-electron chi connectivity index (χ0n) is 18.6. The maximum absolute atomic E-state index is 12.1. The van der Waals surface area contributed by atoms with Crippen LogP contribution in [0.15, 0.2) is 48.5 Å². The maximum Gasteiger partial charge on any atom is 0.248 e. The standard InChI is InChI=1S/C25H33NO5/c1-18(28)25(2)17-26(24(29)16-27)15-21(25)20-11-12-22(30-3)23(14-20)31-13-7-10-19-8-5-4-6-9-19/h4-6,8-9,11-12,14,18,21,27-28H,7,10,13,15-17H2,1-3H3. The van der Waals surface area contributed by atoms with E-state index in [1.165, 1.54) is 5.56 Å². The topological polar surface area (TPSA) is 79.2 Å². The number of aliphatic hydroxyl groups is 2. The van der Waals surface area contributed by atoms with Gasteiger partial charge in [-0.25, -0.2) is 0 Å². The first-order valence-electron chi connectivity index (χ1n) is 10.8. The number of likely N-dealkylation sites (tertiary alicyclic amines) is 1. The van der Waals surface area contributed by atoms with Gasteiger partial charge in [0.05, 0.1) is 19.8 Å². The minimum absolute atomic E-state index is 0.0828. The minimum Gasteiger partial charge on any atom is -0.493 e. The Morgan fingerprint density at radius 2 is 1.97 bits per heavy atom. The van der Waals surface area contributed by atoms with Crippen LogP contribution in [0.25, 0.3) is 0 Å². The molecule has 0 spiro atoms. The van der Waals surface area contributed by atoms with Crippen LogP contribution in [0.5, 0.6) is 11.5 Å². The van der Waals surface area contributed by atoms with E-state index in [-0.39, 0.29) is 11.8 Å². The maximum atomic E-state index is 12.1. The van der Waals surface area contributed by atoms with Crippen molar-refractivity contribution in [2.45, 2.75) is 38.7 Å². The number of ether oxygens (including phenoxy) is 2. The summed E-state index contributed by atoms with van der Waals surface area (Å²) in [5.41, 5.74) is 1.74. The number of benzene rings is 2. The van der Waals surface area contributed by atoms with Gasteiger partial charge in [-0.3, -0.25) is 4.79 Å². The van der Waals surface area contributed by atoms with Gasteiger partial charge in [0.1, 0.15) is 6.61 Å². The Labute approximate surface area is 184 Å². The van der Waals surface area contributed by atoms with Crippen LogP contribution < -0.4 is 9.47 Å². The third-order valence-corrected chi connectivity index (χ3v) is 6.47. The summed E-state index contributed by atoms with van der Waals surface area (Å²) < 4.78 is 11.5. The van der Waals surface area contributed by atoms with Crippen LogP contribution in [0.2, 0.25) is 0 Å². The second kappa shape index (κ2) is 10.2. The Morgan fingerprint density at radius 3 is 2.61 bits per heavy atom. The number of rotatable bonds is 9. The van der Waals surface area contributed by atoms with Gasteiger partial charge in [-0.1, -0.05) is 43.3 Å². The molecular weight excluding hydrogens is 394 g/mol. The van der Waals surface area contributed by atoms with Gasteiger partial charge in [-0.15, -0.1) is 0 Å². The Kier molecular flexibility index (Phi) is 7.57. The molecule has 1 aliphatic heterocycles. The Balaban J connectivity index is 1.75. The summed E-state index contributed by atoms with van der Waals surface area (Å²) in [5, 5.41) is 19.8. The number of amides is 1. The highest BCUT2D eigenvalue weighted by Crippen LogP contribution is 2.46. The summed E-state index contributed by atoms with van der Waals surface area (Å²) in [6.45, 7) is 4.61. The molecule has 1 saturated heterocycles. The minimum atomic E-state index is -0.619. The van der Waals surface area contributed by atoms with Crippen molar-refractivity contribution in [1.29, 1.82) is 0 Å². The fraction of sp³-hybridized carbons (Fsp3) is 0.480. The average Bonchev–Trinajstić information content (AvgIpc) is 3.15. The van der Waals surface area contributed by atoms with Gasteiger partial charge in [0.15, 0.2) is 11.5 Å². The first kappa shape index (κ1) is 23.1. The van der Waals surface area contributed by atoms with Crippen molar-refractivity contribution in [1.82, 2.24) is 4.90 Å². The van der Waals surface area contributed by atoms with Crippen molar-refractivity contribution in [2.24, 2.45) is 5.41 Å². The molecule has 0 bridgehead atoms. The molecule has 1 heterocycles. The highest BCUT2D eigenvalue weighted by Gasteiger charge is 2.48. The normalized spacial score (nSPS) is 21.7. The third-order valence-electron chi connectivity index (χ3n) is 6.47. The van der Waals surface area contributed by atoms with Gasteiger partial charge < -0.3 is 24.6 Å². The molecule has 6 nitrogen and oxygen atoms in total. The Morgan fingerprint density at radius 1 is 1.23 bits per heavy atom. The lowest BCUT2D eigenvalue weighted by Crippen LogP contribution is -2.38. The van der Waals surface area contributed by atoms with E-state index in [0.29, 0.717) is 31.2 Å². The number of hydrogen-bond acceptors (Lipinski definition) is 5. The highest BCUT2D eigenvalue weighted by atomic mass is 16.5. The molecule has 1 aliphatic rings. The zero-order chi connectivity index (χ0) is 22.4. The van der Waals surface area contributed by atoms with Crippen LogP contribution in [0.4, 0.5) is 0 Å². The van der Waals surface area contributed by atoms with E-state index in [4.69, 9.17) is 9.47 Å². The lowest BCUT2D eigenvalue weighted by molar-refractivity contribution is -0.133. The van der Waals surface area contributed by atoms with E-state index in [9.17, 15) is 15.0 Å². The second-order valence-electron chi connectivity index (χ2n) is 8.51. The van der Waals surface area contributed by atoms with Gasteiger partial charge in [-0.05, 0) is 43.0 Å². The summed E-state index contributed by atoms with van der Waals surface area (Å²) in [6, 6.07) is 16.1. The largest absolute Gasteiger partial charge is 0.493 e. The summed E-state index contributed by atoms with van der Waals surface area (Å²) in [4.78, 5) is 13.7. The van der Waals surface area contributed by atoms with E-state index in [1.54, 1.807) is 18.9 Å². The molecule has 3 unspecified atom stereocenters. The molecule has 31 heavy (non-hydrogen) atoms. The van der Waals surface area contributed by atoms with Crippen molar-refractivity contribution >= 4 is 5.91 Å². The van der Waals surface area contributed by atoms with E-state index < -0.39 is 18.1 Å². The lowest BCUT2D eigenvalue weighted by atomic mass is 9.72. The monoisotopic (exact) mass is 427 g/mol. The molecule has 0 aliphatic carbocycles. The van der Waals surface area contributed by atoms with Gasteiger partial charge in [0, 0.05) is 24.4 Å². The molecule has 2 aromatic rings. The number of aliphatic hydroxyl groups excluding tert-OH is 2. The van der Waals surface area contributed by atoms with Crippen molar-refractivity contribution in [2.75, 3.05) is 33.4 Å². The summed E-state index contributed by atoms with van der Waals surface area (Å²) >= 11 is 0. The van der Waals surface area contributed by atoms with Crippen LogP contribution in [0.1, 0.15) is 37.3 Å². The molecule has 0 aromatic heterocycles. The number of hydrogen-bond donors (Lipinski definition) is 2. The highest BCUT2D eigenvalue weighted by molar-refractivity contribution is 5.77. The Hall–Kier alpha value is -2.57. The summed E-state index contributed by atoms with van der Waals surface area (Å²) in [7, 11) is 1.61. The van der Waals surface area contributed by atoms with Gasteiger partial charge in [-0.2, -0.15) is 0 Å². The lowest BCUT2D eigenvalue weighted by Gasteiger charge is -2.33. The molecule has 1 amide bonds. The fourth-order valence-corrected chi connectivity index (χ4v) is 4.34. The summed E-state index contributed by atoms with van der Waals surface area (Å²) in [6.07, 6.45) is 1.20. The summed E-state index contributed by atoms with van der Waals surface area (Å²) in [5.74, 6) is 0.914. The van der Waals surface area contributed by atoms with Crippen LogP contribution >= 0.6 is 0 Å². The number of nitrogens with zero attached hydrogens (tertiary/aromatic N) is 1. The molecule has 0 radical (unpaired) electrons. The predicted molar refractivity (Wildman–Crippen MR) is 119 cm³/mol. The average molecular weight is 428 g/mol. The molecule has 0 saturated carbocycles. The van der Waals surface area contributed by atoms with Gasteiger partial charge >= 0.3 is 0 Å². The molecule has 168 valence electrons. The van der Waals surface area contributed by atoms with Crippen molar-refractivity contribution in [3.05, 3.63) is 59.7 Å². The number of carbonyl (C=O) groups excluding carboxylic acids is 1. The predicted octanol–water partition coefficient (Wildman–Crippen LogP) is 3.01. The molecular formula is C25H33NO5. The molecule has 2 N–H and O–H groups in total. The first-order valence-corrected chi connectivity index (χ1v) is 10.8.